The topological polar surface area (TPSA) is 18.5 Å². The summed E-state index contributed by atoms with van der Waals surface area (Å²) in [6.07, 6.45) is 20.7. The van der Waals surface area contributed by atoms with Crippen molar-refractivity contribution in [2.24, 2.45) is 0 Å². The fourth-order valence-electron chi connectivity index (χ4n) is 7.93. The number of hydrogen-bond donors (Lipinski definition) is 0. The van der Waals surface area contributed by atoms with Crippen LogP contribution in [-0.4, -0.2) is 13.2 Å². The summed E-state index contributed by atoms with van der Waals surface area (Å²) in [5.74, 6) is 1.83. The Kier molecular flexibility index (Phi) is 11.8. The summed E-state index contributed by atoms with van der Waals surface area (Å²) in [6, 6.07) is 22.6. The van der Waals surface area contributed by atoms with Crippen molar-refractivity contribution in [3.63, 3.8) is 0 Å². The number of unbranched alkanes of at least 4 members (excludes halogenated alkanes) is 14. The summed E-state index contributed by atoms with van der Waals surface area (Å²) >= 11 is 7.88. The molecule has 0 aliphatic heterocycles. The number of benzene rings is 4. The predicted molar refractivity (Wildman–Crippen MR) is 237 cm³/mol. The summed E-state index contributed by atoms with van der Waals surface area (Å²) in [5, 5.41) is 8.17. The second kappa shape index (κ2) is 17.1. The zero-order valence-electron chi connectivity index (χ0n) is 31.0. The van der Waals surface area contributed by atoms with Gasteiger partial charge < -0.3 is 9.47 Å². The molecule has 4 aromatic heterocycles. The number of fused-ring (bicyclic) bond motifs is 14. The highest BCUT2D eigenvalue weighted by Crippen LogP contribution is 2.56. The molecule has 2 nitrogen and oxygen atoms in total. The van der Waals surface area contributed by atoms with Crippen molar-refractivity contribution in [3.8, 4) is 11.5 Å². The lowest BCUT2D eigenvalue weighted by Gasteiger charge is -2.16. The lowest BCUT2D eigenvalue weighted by Crippen LogP contribution is -2.03. The molecule has 0 N–H and O–H groups in total. The minimum atomic E-state index is 0.737. The molecule has 4 heterocycles. The quantitative estimate of drug-likeness (QED) is 0.0720. The largest absolute Gasteiger partial charge is 0.490 e. The summed E-state index contributed by atoms with van der Waals surface area (Å²) in [7, 11) is 0. The molecular weight excluding hydrogens is 713 g/mol. The first kappa shape index (κ1) is 36.1. The molecule has 8 rings (SSSR count). The Morgan fingerprint density at radius 2 is 0.750 bits per heavy atom. The third kappa shape index (κ3) is 7.30. The Balaban J connectivity index is 1.18. The van der Waals surface area contributed by atoms with Gasteiger partial charge in [-0.25, -0.2) is 0 Å². The van der Waals surface area contributed by atoms with Gasteiger partial charge in [-0.1, -0.05) is 140 Å². The molecule has 0 atom stereocenters. The number of hydrogen-bond acceptors (Lipinski definition) is 6. The van der Waals surface area contributed by atoms with Crippen LogP contribution in [0.25, 0.3) is 69.9 Å². The third-order valence-corrected chi connectivity index (χ3v) is 16.0. The molecule has 6 heteroatoms. The van der Waals surface area contributed by atoms with E-state index in [1.54, 1.807) is 0 Å². The first-order valence-corrected chi connectivity index (χ1v) is 23.4. The Labute approximate surface area is 324 Å². The number of ether oxygens (including phenoxy) is 2. The molecule has 8 aromatic rings. The van der Waals surface area contributed by atoms with E-state index in [1.807, 2.05) is 45.3 Å². The lowest BCUT2D eigenvalue weighted by atomic mass is 10.0. The summed E-state index contributed by atoms with van der Waals surface area (Å²) in [4.78, 5) is 0. The standard InChI is InChI=1S/C46H52O2S4/c1-3-5-7-9-11-13-15-21-27-47-35-29-33-34(30-36(35)48-28-22-16-14-12-10-8-6-4-2)40-44-42(32-24-18-20-26-38(32)50-44)52-46(40)45-39(33)43-41(51-45)31-23-17-19-25-37(31)49-43/h17-20,23-26,29-30H,3-16,21-22,27-28H2,1-2H3. The normalized spacial score (nSPS) is 12.3. The second-order valence-corrected chi connectivity index (χ2v) is 18.8. The molecule has 0 spiro atoms. The van der Waals surface area contributed by atoms with E-state index in [4.69, 9.17) is 9.47 Å². The average Bonchev–Trinajstić information content (AvgIpc) is 3.92. The van der Waals surface area contributed by atoms with Gasteiger partial charge in [0.2, 0.25) is 0 Å². The van der Waals surface area contributed by atoms with E-state index in [0.29, 0.717) is 0 Å². The molecule has 0 aliphatic carbocycles. The van der Waals surface area contributed by atoms with Crippen molar-refractivity contribution in [1.82, 2.24) is 0 Å². The molecule has 0 fully saturated rings. The van der Waals surface area contributed by atoms with Gasteiger partial charge in [0.05, 0.1) is 41.4 Å². The highest BCUT2D eigenvalue weighted by Gasteiger charge is 2.24. The van der Waals surface area contributed by atoms with E-state index in [-0.39, 0.29) is 0 Å². The summed E-state index contributed by atoms with van der Waals surface area (Å²) in [6.45, 7) is 6.06. The molecule has 0 amide bonds. The Bertz CT molecular complexity index is 2250. The number of thiophene rings is 4. The third-order valence-electron chi connectivity index (χ3n) is 10.8. The molecule has 0 saturated carbocycles. The second-order valence-electron chi connectivity index (χ2n) is 14.6. The van der Waals surface area contributed by atoms with Crippen molar-refractivity contribution in [1.29, 1.82) is 0 Å². The molecule has 0 bridgehead atoms. The first-order chi connectivity index (χ1) is 25.8. The molecule has 0 unspecified atom stereocenters. The van der Waals surface area contributed by atoms with Gasteiger partial charge in [-0.2, -0.15) is 0 Å². The van der Waals surface area contributed by atoms with Gasteiger partial charge >= 0.3 is 0 Å². The van der Waals surface area contributed by atoms with Crippen LogP contribution in [0, 0.1) is 0 Å². The van der Waals surface area contributed by atoms with Crippen molar-refractivity contribution in [2.45, 2.75) is 117 Å². The van der Waals surface area contributed by atoms with Crippen molar-refractivity contribution in [3.05, 3.63) is 60.7 Å². The average molecular weight is 765 g/mol. The van der Waals surface area contributed by atoms with Gasteiger partial charge in [0, 0.05) is 30.9 Å². The molecule has 0 aliphatic rings. The van der Waals surface area contributed by atoms with E-state index in [9.17, 15) is 0 Å². The van der Waals surface area contributed by atoms with Gasteiger partial charge in [0.25, 0.3) is 0 Å². The van der Waals surface area contributed by atoms with Crippen LogP contribution in [0.1, 0.15) is 117 Å². The highest BCUT2D eigenvalue weighted by molar-refractivity contribution is 7.41. The van der Waals surface area contributed by atoms with Crippen LogP contribution < -0.4 is 9.47 Å². The molecule has 0 saturated heterocycles. The highest BCUT2D eigenvalue weighted by atomic mass is 32.1. The minimum Gasteiger partial charge on any atom is -0.490 e. The van der Waals surface area contributed by atoms with Crippen LogP contribution in [0.5, 0.6) is 11.5 Å². The summed E-state index contributed by atoms with van der Waals surface area (Å²) in [5.41, 5.74) is 0. The summed E-state index contributed by atoms with van der Waals surface area (Å²) < 4.78 is 24.7. The van der Waals surface area contributed by atoms with Crippen LogP contribution in [0.15, 0.2) is 60.7 Å². The molecule has 272 valence electrons. The van der Waals surface area contributed by atoms with Crippen molar-refractivity contribution < 1.29 is 9.47 Å². The van der Waals surface area contributed by atoms with E-state index in [0.717, 1.165) is 37.6 Å². The fraction of sp³-hybridized carbons (Fsp3) is 0.435. The van der Waals surface area contributed by atoms with Crippen LogP contribution in [-0.2, 0) is 0 Å². The minimum absolute atomic E-state index is 0.737. The molecule has 4 aromatic carbocycles. The van der Waals surface area contributed by atoms with E-state index in [1.165, 1.54) is 160 Å². The number of rotatable bonds is 20. The van der Waals surface area contributed by atoms with Crippen LogP contribution in [0.2, 0.25) is 0 Å². The van der Waals surface area contributed by atoms with Gasteiger partial charge in [-0.3, -0.25) is 0 Å². The Morgan fingerprint density at radius 3 is 1.17 bits per heavy atom. The fourth-order valence-corrected chi connectivity index (χ4v) is 13.7. The van der Waals surface area contributed by atoms with E-state index in [2.05, 4.69) is 74.5 Å². The first-order valence-electron chi connectivity index (χ1n) is 20.1. The maximum atomic E-state index is 6.74. The monoisotopic (exact) mass is 764 g/mol. The maximum Gasteiger partial charge on any atom is 0.161 e. The van der Waals surface area contributed by atoms with Gasteiger partial charge in [0.15, 0.2) is 11.5 Å². The zero-order valence-corrected chi connectivity index (χ0v) is 34.2. The SMILES string of the molecule is CCCCCCCCCCOc1cc2c(cc1OCCCCCCCCCC)c1c3sc4ccccc4c3sc1c1sc3c4ccccc4sc3c21. The Morgan fingerprint density at radius 1 is 0.385 bits per heavy atom. The zero-order chi connectivity index (χ0) is 35.3. The maximum absolute atomic E-state index is 6.74. The van der Waals surface area contributed by atoms with Crippen molar-refractivity contribution >= 4 is 115 Å². The molecule has 0 radical (unpaired) electrons. The lowest BCUT2D eigenvalue weighted by molar-refractivity contribution is 0.259. The van der Waals surface area contributed by atoms with Crippen molar-refractivity contribution in [2.75, 3.05) is 13.2 Å². The Hall–Kier alpha value is -2.90. The van der Waals surface area contributed by atoms with Gasteiger partial charge in [0.1, 0.15) is 0 Å². The molecule has 52 heavy (non-hydrogen) atoms. The smallest absolute Gasteiger partial charge is 0.161 e. The molecular formula is C46H52O2S4. The van der Waals surface area contributed by atoms with E-state index < -0.39 is 0 Å². The van der Waals surface area contributed by atoms with Gasteiger partial charge in [-0.05, 0) is 47.9 Å². The predicted octanol–water partition coefficient (Wildman–Crippen LogP) is 17.0. The van der Waals surface area contributed by atoms with Crippen LogP contribution in [0.4, 0.5) is 0 Å². The van der Waals surface area contributed by atoms with Crippen LogP contribution in [0.3, 0.4) is 0 Å². The van der Waals surface area contributed by atoms with Gasteiger partial charge in [-0.15, -0.1) is 45.3 Å². The van der Waals surface area contributed by atoms with E-state index >= 15 is 0 Å². The van der Waals surface area contributed by atoms with Crippen LogP contribution >= 0.6 is 45.3 Å².